The average Bonchev–Trinajstić information content (AvgIpc) is 2.15. The van der Waals surface area contributed by atoms with Crippen molar-refractivity contribution in [2.24, 2.45) is 5.41 Å². The van der Waals surface area contributed by atoms with Crippen molar-refractivity contribution in [1.29, 1.82) is 0 Å². The van der Waals surface area contributed by atoms with Crippen LogP contribution in [0.15, 0.2) is 35.5 Å². The molecule has 0 heteroatoms. The van der Waals surface area contributed by atoms with Gasteiger partial charge in [0.05, 0.1) is 0 Å². The molecular weight excluding hydrogens is 180 g/mol. The van der Waals surface area contributed by atoms with Crippen molar-refractivity contribution in [3.63, 3.8) is 0 Å². The van der Waals surface area contributed by atoms with Gasteiger partial charge >= 0.3 is 0 Å². The Morgan fingerprint density at radius 1 is 1.07 bits per heavy atom. The lowest BCUT2D eigenvalue weighted by Gasteiger charge is -2.20. The van der Waals surface area contributed by atoms with Gasteiger partial charge in [-0.25, -0.2) is 0 Å². The molecule has 0 bridgehead atoms. The van der Waals surface area contributed by atoms with Gasteiger partial charge in [-0.3, -0.25) is 0 Å². The molecule has 0 N–H and O–H groups in total. The van der Waals surface area contributed by atoms with Gasteiger partial charge in [0.2, 0.25) is 0 Å². The normalized spacial score (nSPS) is 15.1. The molecule has 0 saturated carbocycles. The molecule has 0 aromatic heterocycles. The molecule has 0 fully saturated rings. The van der Waals surface area contributed by atoms with Crippen molar-refractivity contribution in [2.45, 2.75) is 54.4 Å². The molecule has 0 unspecified atom stereocenters. The number of rotatable bonds is 4. The van der Waals surface area contributed by atoms with Crippen LogP contribution in [0.4, 0.5) is 0 Å². The van der Waals surface area contributed by atoms with E-state index in [1.165, 1.54) is 11.1 Å². The molecule has 0 spiro atoms. The highest BCUT2D eigenvalue weighted by molar-refractivity contribution is 5.30. The summed E-state index contributed by atoms with van der Waals surface area (Å²) in [7, 11) is 0. The Hall–Kier alpha value is -0.780. The molecule has 86 valence electrons. The van der Waals surface area contributed by atoms with E-state index in [1.54, 1.807) is 0 Å². The monoisotopic (exact) mass is 206 g/mol. The van der Waals surface area contributed by atoms with Crippen molar-refractivity contribution in [2.75, 3.05) is 0 Å². The first-order valence-corrected chi connectivity index (χ1v) is 5.99. The summed E-state index contributed by atoms with van der Waals surface area (Å²) in [5.41, 5.74) is 3.08. The van der Waals surface area contributed by atoms with E-state index < -0.39 is 0 Å². The van der Waals surface area contributed by atoms with Crippen LogP contribution in [-0.4, -0.2) is 0 Å². The summed E-state index contributed by atoms with van der Waals surface area (Å²) in [5.74, 6) is 0. The summed E-state index contributed by atoms with van der Waals surface area (Å²) in [6.07, 6.45) is 11.2. The van der Waals surface area contributed by atoms with E-state index in [9.17, 15) is 0 Å². The standard InChI is InChI=1S/C15H26/c1-7-10-13(8-2)11-12-14(9-3)15(4,5)6/h9-12H,7-8H2,1-6H3/b12-11-,13-10+,14-9+. The van der Waals surface area contributed by atoms with Gasteiger partial charge in [0.1, 0.15) is 0 Å². The minimum absolute atomic E-state index is 0.246. The highest BCUT2D eigenvalue weighted by Crippen LogP contribution is 2.26. The largest absolute Gasteiger partial charge is 0.0839 e. The highest BCUT2D eigenvalue weighted by Gasteiger charge is 2.12. The third-order valence-electron chi connectivity index (χ3n) is 2.53. The molecule has 0 aliphatic carbocycles. The van der Waals surface area contributed by atoms with Gasteiger partial charge in [0.15, 0.2) is 0 Å². The van der Waals surface area contributed by atoms with Crippen LogP contribution in [0.1, 0.15) is 54.4 Å². The van der Waals surface area contributed by atoms with Crippen LogP contribution in [0.5, 0.6) is 0 Å². The van der Waals surface area contributed by atoms with Crippen LogP contribution < -0.4 is 0 Å². The second-order valence-electron chi connectivity index (χ2n) is 4.87. The summed E-state index contributed by atoms with van der Waals surface area (Å²) in [5, 5.41) is 0. The predicted octanol–water partition coefficient (Wildman–Crippen LogP) is 5.28. The zero-order chi connectivity index (χ0) is 11.9. The van der Waals surface area contributed by atoms with E-state index in [-0.39, 0.29) is 5.41 Å². The number of allylic oxidation sites excluding steroid dienone is 6. The second kappa shape index (κ2) is 6.66. The number of hydrogen-bond acceptors (Lipinski definition) is 0. The topological polar surface area (TPSA) is 0 Å². The molecule has 0 saturated heterocycles. The van der Waals surface area contributed by atoms with E-state index in [0.29, 0.717) is 0 Å². The third kappa shape index (κ3) is 5.61. The lowest BCUT2D eigenvalue weighted by Crippen LogP contribution is -2.07. The van der Waals surface area contributed by atoms with E-state index in [0.717, 1.165) is 12.8 Å². The maximum atomic E-state index is 2.30. The lowest BCUT2D eigenvalue weighted by atomic mass is 9.85. The van der Waals surface area contributed by atoms with E-state index in [2.05, 4.69) is 65.8 Å². The fourth-order valence-corrected chi connectivity index (χ4v) is 1.57. The van der Waals surface area contributed by atoms with Crippen LogP contribution in [0, 0.1) is 5.41 Å². The van der Waals surface area contributed by atoms with Gasteiger partial charge in [0, 0.05) is 0 Å². The lowest BCUT2D eigenvalue weighted by molar-refractivity contribution is 0.516. The van der Waals surface area contributed by atoms with Crippen molar-refractivity contribution >= 4 is 0 Å². The fraction of sp³-hybridized carbons (Fsp3) is 0.600. The van der Waals surface area contributed by atoms with Gasteiger partial charge in [-0.15, -0.1) is 0 Å². The van der Waals surface area contributed by atoms with Gasteiger partial charge < -0.3 is 0 Å². The Balaban J connectivity index is 4.70. The first-order valence-electron chi connectivity index (χ1n) is 5.99. The molecule has 0 heterocycles. The molecule has 0 radical (unpaired) electrons. The van der Waals surface area contributed by atoms with E-state index in [1.807, 2.05) is 0 Å². The Kier molecular flexibility index (Phi) is 6.31. The van der Waals surface area contributed by atoms with Gasteiger partial charge in [-0.2, -0.15) is 0 Å². The Bertz CT molecular complexity index is 256. The molecular formula is C15H26. The summed E-state index contributed by atoms with van der Waals surface area (Å²) in [6.45, 7) is 13.3. The zero-order valence-electron chi connectivity index (χ0n) is 11.2. The van der Waals surface area contributed by atoms with Gasteiger partial charge in [0.25, 0.3) is 0 Å². The van der Waals surface area contributed by atoms with Crippen LogP contribution in [-0.2, 0) is 0 Å². The number of hydrogen-bond donors (Lipinski definition) is 0. The first kappa shape index (κ1) is 14.2. The summed E-state index contributed by atoms with van der Waals surface area (Å²) in [6, 6.07) is 0. The molecule has 0 aromatic rings. The maximum absolute atomic E-state index is 2.30. The van der Waals surface area contributed by atoms with E-state index in [4.69, 9.17) is 0 Å². The summed E-state index contributed by atoms with van der Waals surface area (Å²) >= 11 is 0. The van der Waals surface area contributed by atoms with Gasteiger partial charge in [-0.1, -0.05) is 64.5 Å². The Morgan fingerprint density at radius 2 is 1.67 bits per heavy atom. The first-order chi connectivity index (χ1) is 6.95. The second-order valence-corrected chi connectivity index (χ2v) is 4.87. The molecule has 0 aromatic carbocycles. The molecule has 0 aliphatic rings. The average molecular weight is 206 g/mol. The molecule has 0 aliphatic heterocycles. The molecule has 0 amide bonds. The summed E-state index contributed by atoms with van der Waals surface area (Å²) < 4.78 is 0. The van der Waals surface area contributed by atoms with Crippen LogP contribution in [0.25, 0.3) is 0 Å². The maximum Gasteiger partial charge on any atom is -0.0135 e. The Labute approximate surface area is 95.8 Å². The minimum atomic E-state index is 0.246. The predicted molar refractivity (Wildman–Crippen MR) is 71.0 cm³/mol. The quantitative estimate of drug-likeness (QED) is 0.549. The van der Waals surface area contributed by atoms with Crippen LogP contribution in [0.2, 0.25) is 0 Å². The highest BCUT2D eigenvalue weighted by atomic mass is 14.2. The molecule has 0 nitrogen and oxygen atoms in total. The smallest absolute Gasteiger partial charge is 0.0135 e. The zero-order valence-corrected chi connectivity index (χ0v) is 11.2. The third-order valence-corrected chi connectivity index (χ3v) is 2.53. The minimum Gasteiger partial charge on any atom is -0.0839 e. The van der Waals surface area contributed by atoms with Crippen molar-refractivity contribution in [3.05, 3.63) is 35.5 Å². The van der Waals surface area contributed by atoms with Gasteiger partial charge in [-0.05, 0) is 30.8 Å². The summed E-state index contributed by atoms with van der Waals surface area (Å²) in [4.78, 5) is 0. The molecule has 15 heavy (non-hydrogen) atoms. The van der Waals surface area contributed by atoms with Crippen LogP contribution in [0.3, 0.4) is 0 Å². The SMILES string of the molecule is C\C=C(/C=C\C(=C\CC)CC)C(C)(C)C. The Morgan fingerprint density at radius 3 is 2.00 bits per heavy atom. The van der Waals surface area contributed by atoms with E-state index >= 15 is 0 Å². The molecule has 0 atom stereocenters. The van der Waals surface area contributed by atoms with Crippen molar-refractivity contribution < 1.29 is 0 Å². The van der Waals surface area contributed by atoms with Crippen molar-refractivity contribution in [1.82, 2.24) is 0 Å². The molecule has 0 rings (SSSR count). The van der Waals surface area contributed by atoms with Crippen LogP contribution >= 0.6 is 0 Å². The fourth-order valence-electron chi connectivity index (χ4n) is 1.57. The van der Waals surface area contributed by atoms with Crippen molar-refractivity contribution in [3.8, 4) is 0 Å².